The number of rotatable bonds is 4. The van der Waals surface area contributed by atoms with Gasteiger partial charge >= 0.3 is 0 Å². The highest BCUT2D eigenvalue weighted by atomic mass is 16.2. The Labute approximate surface area is 160 Å². The van der Waals surface area contributed by atoms with E-state index in [0.717, 1.165) is 44.0 Å². The zero-order chi connectivity index (χ0) is 19.0. The van der Waals surface area contributed by atoms with Gasteiger partial charge in [0, 0.05) is 50.2 Å². The molecule has 4 rings (SSSR count). The van der Waals surface area contributed by atoms with E-state index in [4.69, 9.17) is 5.26 Å². The minimum Gasteiger partial charge on any atom is -0.345 e. The van der Waals surface area contributed by atoms with Crippen molar-refractivity contribution in [1.29, 1.82) is 5.26 Å². The molecular weight excluding hydrogens is 336 g/mol. The summed E-state index contributed by atoms with van der Waals surface area (Å²) in [6.07, 6.45) is 2.47. The van der Waals surface area contributed by atoms with Crippen molar-refractivity contribution in [2.45, 2.75) is 39.3 Å². The molecule has 0 bridgehead atoms. The lowest BCUT2D eigenvalue weighted by Gasteiger charge is -2.34. The molecule has 1 aliphatic heterocycles. The van der Waals surface area contributed by atoms with Crippen LogP contribution in [0, 0.1) is 25.2 Å². The first-order valence-electron chi connectivity index (χ1n) is 9.76. The number of aryl methyl sites for hydroxylation is 1. The number of amides is 1. The van der Waals surface area contributed by atoms with Gasteiger partial charge in [-0.3, -0.25) is 9.69 Å². The fourth-order valence-corrected chi connectivity index (χ4v) is 4.11. The van der Waals surface area contributed by atoms with E-state index in [2.05, 4.69) is 35.5 Å². The Bertz CT molecular complexity index is 878. The van der Waals surface area contributed by atoms with Crippen LogP contribution in [0.5, 0.6) is 0 Å². The van der Waals surface area contributed by atoms with E-state index in [1.54, 1.807) is 0 Å². The van der Waals surface area contributed by atoms with Crippen LogP contribution in [0.15, 0.2) is 30.3 Å². The second-order valence-corrected chi connectivity index (χ2v) is 7.76. The van der Waals surface area contributed by atoms with E-state index < -0.39 is 0 Å². The summed E-state index contributed by atoms with van der Waals surface area (Å²) >= 11 is 0. The first kappa shape index (κ1) is 17.8. The summed E-state index contributed by atoms with van der Waals surface area (Å²) in [5, 5.41) is 8.90. The molecule has 1 saturated heterocycles. The minimum atomic E-state index is 0.174. The first-order chi connectivity index (χ1) is 13.1. The third kappa shape index (κ3) is 3.63. The topological polar surface area (TPSA) is 52.3 Å². The Morgan fingerprint density at radius 3 is 2.37 bits per heavy atom. The van der Waals surface area contributed by atoms with Crippen molar-refractivity contribution in [2.24, 2.45) is 0 Å². The predicted molar refractivity (Wildman–Crippen MR) is 105 cm³/mol. The van der Waals surface area contributed by atoms with Crippen LogP contribution in [-0.2, 0) is 6.54 Å². The van der Waals surface area contributed by atoms with Crippen LogP contribution in [-0.4, -0.2) is 46.5 Å². The molecule has 5 heteroatoms. The molecule has 140 valence electrons. The SMILES string of the molecule is Cc1cc(C(=O)N2CCN(Cc3ccc(C#N)cc3)CC2)c(C)n1C1CC1. The van der Waals surface area contributed by atoms with Gasteiger partial charge in [-0.2, -0.15) is 5.26 Å². The smallest absolute Gasteiger partial charge is 0.255 e. The maximum atomic E-state index is 13.0. The van der Waals surface area contributed by atoms with Crippen molar-refractivity contribution >= 4 is 5.91 Å². The van der Waals surface area contributed by atoms with Gasteiger partial charge in [-0.1, -0.05) is 12.1 Å². The molecule has 1 saturated carbocycles. The number of aromatic nitrogens is 1. The molecule has 0 N–H and O–H groups in total. The summed E-state index contributed by atoms with van der Waals surface area (Å²) in [5.74, 6) is 0.174. The van der Waals surface area contributed by atoms with Gasteiger partial charge in [-0.15, -0.1) is 0 Å². The second kappa shape index (κ2) is 7.21. The van der Waals surface area contributed by atoms with Crippen molar-refractivity contribution in [2.75, 3.05) is 26.2 Å². The highest BCUT2D eigenvalue weighted by Crippen LogP contribution is 2.38. The van der Waals surface area contributed by atoms with Crippen molar-refractivity contribution in [3.05, 3.63) is 58.4 Å². The number of hydrogen-bond acceptors (Lipinski definition) is 3. The van der Waals surface area contributed by atoms with Crippen LogP contribution in [0.2, 0.25) is 0 Å². The highest BCUT2D eigenvalue weighted by molar-refractivity contribution is 5.95. The van der Waals surface area contributed by atoms with E-state index >= 15 is 0 Å². The molecule has 0 unspecified atom stereocenters. The highest BCUT2D eigenvalue weighted by Gasteiger charge is 2.30. The zero-order valence-electron chi connectivity index (χ0n) is 16.1. The van der Waals surface area contributed by atoms with E-state index in [1.807, 2.05) is 29.2 Å². The van der Waals surface area contributed by atoms with Crippen LogP contribution in [0.4, 0.5) is 0 Å². The van der Waals surface area contributed by atoms with Crippen molar-refractivity contribution < 1.29 is 4.79 Å². The molecule has 1 aliphatic carbocycles. The Balaban J connectivity index is 1.37. The van der Waals surface area contributed by atoms with Gasteiger partial charge in [-0.25, -0.2) is 0 Å². The van der Waals surface area contributed by atoms with Gasteiger partial charge in [0.1, 0.15) is 0 Å². The van der Waals surface area contributed by atoms with Gasteiger partial charge in [0.25, 0.3) is 5.91 Å². The number of nitriles is 1. The molecule has 27 heavy (non-hydrogen) atoms. The Kier molecular flexibility index (Phi) is 4.75. The quantitative estimate of drug-likeness (QED) is 0.839. The predicted octanol–water partition coefficient (Wildman–Crippen LogP) is 3.27. The molecule has 2 heterocycles. The van der Waals surface area contributed by atoms with E-state index in [0.29, 0.717) is 11.6 Å². The number of carbonyl (C=O) groups excluding carboxylic acids is 1. The maximum Gasteiger partial charge on any atom is 0.255 e. The van der Waals surface area contributed by atoms with E-state index in [9.17, 15) is 4.79 Å². The van der Waals surface area contributed by atoms with Gasteiger partial charge in [0.05, 0.1) is 17.2 Å². The molecule has 0 spiro atoms. The summed E-state index contributed by atoms with van der Waals surface area (Å²) in [7, 11) is 0. The van der Waals surface area contributed by atoms with E-state index in [-0.39, 0.29) is 5.91 Å². The maximum absolute atomic E-state index is 13.0. The summed E-state index contributed by atoms with van der Waals surface area (Å²) < 4.78 is 2.34. The molecule has 1 amide bonds. The van der Waals surface area contributed by atoms with Crippen molar-refractivity contribution in [1.82, 2.24) is 14.4 Å². The molecule has 0 radical (unpaired) electrons. The molecule has 2 aromatic rings. The lowest BCUT2D eigenvalue weighted by Crippen LogP contribution is -2.48. The van der Waals surface area contributed by atoms with E-state index in [1.165, 1.54) is 24.1 Å². The summed E-state index contributed by atoms with van der Waals surface area (Å²) in [5.41, 5.74) is 5.11. The summed E-state index contributed by atoms with van der Waals surface area (Å²) in [6.45, 7) is 8.35. The molecule has 0 atom stereocenters. The Hall–Kier alpha value is -2.58. The molecule has 2 aliphatic rings. The van der Waals surface area contributed by atoms with Crippen LogP contribution < -0.4 is 0 Å². The number of nitrogens with zero attached hydrogens (tertiary/aromatic N) is 4. The third-order valence-electron chi connectivity index (χ3n) is 5.78. The molecule has 2 fully saturated rings. The number of carbonyl (C=O) groups is 1. The lowest BCUT2D eigenvalue weighted by atomic mass is 10.1. The Morgan fingerprint density at radius 2 is 1.78 bits per heavy atom. The fraction of sp³-hybridized carbons (Fsp3) is 0.455. The van der Waals surface area contributed by atoms with Crippen LogP contribution in [0.1, 0.15) is 51.8 Å². The number of benzene rings is 1. The molecule has 1 aromatic carbocycles. The summed E-state index contributed by atoms with van der Waals surface area (Å²) in [4.78, 5) is 17.4. The summed E-state index contributed by atoms with van der Waals surface area (Å²) in [6, 6.07) is 12.6. The average molecular weight is 362 g/mol. The number of hydrogen-bond donors (Lipinski definition) is 0. The van der Waals surface area contributed by atoms with Gasteiger partial charge in [-0.05, 0) is 50.5 Å². The second-order valence-electron chi connectivity index (χ2n) is 7.76. The van der Waals surface area contributed by atoms with Gasteiger partial charge < -0.3 is 9.47 Å². The molecule has 5 nitrogen and oxygen atoms in total. The average Bonchev–Trinajstić information content (AvgIpc) is 3.47. The Morgan fingerprint density at radius 1 is 1.11 bits per heavy atom. The number of piperazine rings is 1. The monoisotopic (exact) mass is 362 g/mol. The normalized spacial score (nSPS) is 17.7. The fourth-order valence-electron chi connectivity index (χ4n) is 4.11. The van der Waals surface area contributed by atoms with Gasteiger partial charge in [0.15, 0.2) is 0 Å². The van der Waals surface area contributed by atoms with Crippen molar-refractivity contribution in [3.8, 4) is 6.07 Å². The van der Waals surface area contributed by atoms with Crippen LogP contribution in [0.3, 0.4) is 0 Å². The first-order valence-corrected chi connectivity index (χ1v) is 9.76. The molecular formula is C22H26N4O. The van der Waals surface area contributed by atoms with Crippen LogP contribution >= 0.6 is 0 Å². The lowest BCUT2D eigenvalue weighted by molar-refractivity contribution is 0.0627. The minimum absolute atomic E-state index is 0.174. The molecule has 1 aromatic heterocycles. The van der Waals surface area contributed by atoms with Gasteiger partial charge in [0.2, 0.25) is 0 Å². The standard InChI is InChI=1S/C22H26N4O/c1-16-13-21(17(2)26(16)20-7-8-20)22(27)25-11-9-24(10-12-25)15-19-5-3-18(14-23)4-6-19/h3-6,13,20H,7-12,15H2,1-2H3. The van der Waals surface area contributed by atoms with Crippen LogP contribution in [0.25, 0.3) is 0 Å². The third-order valence-corrected chi connectivity index (χ3v) is 5.78. The van der Waals surface area contributed by atoms with Crippen molar-refractivity contribution in [3.63, 3.8) is 0 Å². The zero-order valence-corrected chi connectivity index (χ0v) is 16.1. The largest absolute Gasteiger partial charge is 0.345 e.